The molecule has 0 spiro atoms. The van der Waals surface area contributed by atoms with Crippen molar-refractivity contribution in [2.24, 2.45) is 11.7 Å². The molecule has 1 heterocycles. The first-order valence-electron chi connectivity index (χ1n) is 5.84. The van der Waals surface area contributed by atoms with Gasteiger partial charge in [0.2, 0.25) is 0 Å². The first-order chi connectivity index (χ1) is 6.72. The van der Waals surface area contributed by atoms with Gasteiger partial charge < -0.3 is 16.0 Å². The molecule has 0 radical (unpaired) electrons. The highest BCUT2D eigenvalue weighted by Crippen LogP contribution is 2.08. The van der Waals surface area contributed by atoms with E-state index < -0.39 is 0 Å². The Balaban J connectivity index is 2.02. The minimum Gasteiger partial charge on any atom is -0.330 e. The zero-order valence-electron chi connectivity index (χ0n) is 9.63. The van der Waals surface area contributed by atoms with Crippen LogP contribution in [0.4, 0.5) is 0 Å². The van der Waals surface area contributed by atoms with E-state index in [2.05, 4.69) is 24.2 Å². The summed E-state index contributed by atoms with van der Waals surface area (Å²) < 4.78 is 0. The second-order valence-electron chi connectivity index (χ2n) is 4.66. The van der Waals surface area contributed by atoms with Gasteiger partial charge in [-0.15, -0.1) is 0 Å². The lowest BCUT2D eigenvalue weighted by molar-refractivity contribution is 0.233. The number of nitrogens with two attached hydrogens (primary N) is 1. The summed E-state index contributed by atoms with van der Waals surface area (Å²) in [4.78, 5) is 2.40. The number of likely N-dealkylation sites (tertiary alicyclic amines) is 1. The van der Waals surface area contributed by atoms with Gasteiger partial charge in [0.25, 0.3) is 0 Å². The zero-order chi connectivity index (χ0) is 10.4. The molecule has 1 atom stereocenters. The molecule has 0 saturated carbocycles. The van der Waals surface area contributed by atoms with Crippen LogP contribution in [0.2, 0.25) is 0 Å². The number of hydrogen-bond donors (Lipinski definition) is 2. The summed E-state index contributed by atoms with van der Waals surface area (Å²) in [6, 6.07) is 0.746. The molecule has 14 heavy (non-hydrogen) atoms. The third-order valence-electron chi connectivity index (χ3n) is 3.19. The van der Waals surface area contributed by atoms with E-state index in [0.29, 0.717) is 5.92 Å². The number of nitrogens with one attached hydrogen (secondary N) is 1. The summed E-state index contributed by atoms with van der Waals surface area (Å²) in [5, 5.41) is 3.63. The first-order valence-corrected chi connectivity index (χ1v) is 5.84. The molecule has 0 bridgehead atoms. The molecular weight excluding hydrogens is 174 g/mol. The Morgan fingerprint density at radius 3 is 2.64 bits per heavy atom. The molecule has 0 aromatic heterocycles. The van der Waals surface area contributed by atoms with Crippen molar-refractivity contribution in [1.82, 2.24) is 10.2 Å². The number of piperidine rings is 1. The average molecular weight is 199 g/mol. The largest absolute Gasteiger partial charge is 0.330 e. The second kappa shape index (κ2) is 6.38. The van der Waals surface area contributed by atoms with Crippen LogP contribution < -0.4 is 11.1 Å². The lowest BCUT2D eigenvalue weighted by atomic mass is 10.0. The van der Waals surface area contributed by atoms with Gasteiger partial charge in [-0.1, -0.05) is 6.92 Å². The predicted molar refractivity (Wildman–Crippen MR) is 61.4 cm³/mol. The maximum Gasteiger partial charge on any atom is 0.00914 e. The molecule has 3 N–H and O–H groups in total. The maximum absolute atomic E-state index is 5.58. The van der Waals surface area contributed by atoms with E-state index in [4.69, 9.17) is 5.73 Å². The molecular formula is C11H25N3. The minimum atomic E-state index is 0.661. The van der Waals surface area contributed by atoms with Crippen molar-refractivity contribution >= 4 is 0 Å². The number of rotatable bonds is 5. The van der Waals surface area contributed by atoms with Crippen LogP contribution >= 0.6 is 0 Å². The van der Waals surface area contributed by atoms with E-state index in [1.807, 2.05) is 0 Å². The molecule has 1 aliphatic rings. The lowest BCUT2D eigenvalue weighted by Gasteiger charge is -2.29. The summed E-state index contributed by atoms with van der Waals surface area (Å²) in [6.45, 7) is 6.65. The van der Waals surface area contributed by atoms with Crippen LogP contribution in [0.1, 0.15) is 26.2 Å². The van der Waals surface area contributed by atoms with Gasteiger partial charge in [0.1, 0.15) is 0 Å². The van der Waals surface area contributed by atoms with Crippen molar-refractivity contribution in [3.8, 4) is 0 Å². The second-order valence-corrected chi connectivity index (χ2v) is 4.66. The van der Waals surface area contributed by atoms with Crippen LogP contribution in [0, 0.1) is 5.92 Å². The van der Waals surface area contributed by atoms with Gasteiger partial charge in [-0.3, -0.25) is 0 Å². The average Bonchev–Trinajstić information content (AvgIpc) is 2.21. The Hall–Kier alpha value is -0.120. The third kappa shape index (κ3) is 4.40. The Labute approximate surface area is 88.0 Å². The minimum absolute atomic E-state index is 0.661. The van der Waals surface area contributed by atoms with E-state index in [0.717, 1.165) is 19.1 Å². The summed E-state index contributed by atoms with van der Waals surface area (Å²) in [5.41, 5.74) is 5.58. The Kier molecular flexibility index (Phi) is 5.45. The highest BCUT2D eigenvalue weighted by molar-refractivity contribution is 4.75. The Morgan fingerprint density at radius 2 is 2.07 bits per heavy atom. The summed E-state index contributed by atoms with van der Waals surface area (Å²) in [5.74, 6) is 0.661. The summed E-state index contributed by atoms with van der Waals surface area (Å²) in [6.07, 6.45) is 3.81. The first kappa shape index (κ1) is 12.0. The van der Waals surface area contributed by atoms with Gasteiger partial charge in [0, 0.05) is 6.04 Å². The highest BCUT2D eigenvalue weighted by Gasteiger charge is 2.15. The van der Waals surface area contributed by atoms with E-state index in [1.54, 1.807) is 0 Å². The fourth-order valence-electron chi connectivity index (χ4n) is 1.86. The maximum atomic E-state index is 5.58. The molecule has 1 rings (SSSR count). The molecule has 3 nitrogen and oxygen atoms in total. The molecule has 0 aromatic carbocycles. The van der Waals surface area contributed by atoms with Gasteiger partial charge in [0.15, 0.2) is 0 Å². The van der Waals surface area contributed by atoms with E-state index in [9.17, 15) is 0 Å². The van der Waals surface area contributed by atoms with Crippen molar-refractivity contribution < 1.29 is 0 Å². The lowest BCUT2D eigenvalue weighted by Crippen LogP contribution is -2.41. The van der Waals surface area contributed by atoms with Crippen molar-refractivity contribution in [1.29, 1.82) is 0 Å². The number of nitrogens with zero attached hydrogens (tertiary/aromatic N) is 1. The van der Waals surface area contributed by atoms with Gasteiger partial charge in [0.05, 0.1) is 0 Å². The quantitative estimate of drug-likeness (QED) is 0.683. The topological polar surface area (TPSA) is 41.3 Å². The summed E-state index contributed by atoms with van der Waals surface area (Å²) >= 11 is 0. The highest BCUT2D eigenvalue weighted by atomic mass is 15.1. The molecule has 1 aliphatic heterocycles. The van der Waals surface area contributed by atoms with Crippen LogP contribution in [-0.4, -0.2) is 44.2 Å². The van der Waals surface area contributed by atoms with Crippen molar-refractivity contribution in [3.05, 3.63) is 0 Å². The molecule has 1 saturated heterocycles. The molecule has 0 aliphatic carbocycles. The fraction of sp³-hybridized carbons (Fsp3) is 1.00. The number of hydrogen-bond acceptors (Lipinski definition) is 3. The van der Waals surface area contributed by atoms with Gasteiger partial charge >= 0.3 is 0 Å². The van der Waals surface area contributed by atoms with Crippen LogP contribution in [0.15, 0.2) is 0 Å². The molecule has 0 amide bonds. The van der Waals surface area contributed by atoms with Crippen LogP contribution in [0.3, 0.4) is 0 Å². The monoisotopic (exact) mass is 199 g/mol. The third-order valence-corrected chi connectivity index (χ3v) is 3.19. The van der Waals surface area contributed by atoms with Crippen molar-refractivity contribution in [3.63, 3.8) is 0 Å². The summed E-state index contributed by atoms with van der Waals surface area (Å²) in [7, 11) is 2.20. The molecule has 84 valence electrons. The fourth-order valence-corrected chi connectivity index (χ4v) is 1.86. The van der Waals surface area contributed by atoms with Crippen molar-refractivity contribution in [2.45, 2.75) is 32.2 Å². The Morgan fingerprint density at radius 1 is 1.43 bits per heavy atom. The SMILES string of the molecule is CC(CN)CCNC1CCN(C)CC1. The molecule has 3 heteroatoms. The molecule has 0 aromatic rings. The van der Waals surface area contributed by atoms with E-state index in [-0.39, 0.29) is 0 Å². The van der Waals surface area contributed by atoms with Crippen LogP contribution in [0.5, 0.6) is 0 Å². The predicted octanol–water partition coefficient (Wildman–Crippen LogP) is 0.655. The normalized spacial score (nSPS) is 22.5. The smallest absolute Gasteiger partial charge is 0.00914 e. The van der Waals surface area contributed by atoms with E-state index >= 15 is 0 Å². The van der Waals surface area contributed by atoms with Gasteiger partial charge in [-0.2, -0.15) is 0 Å². The zero-order valence-corrected chi connectivity index (χ0v) is 9.63. The van der Waals surface area contributed by atoms with Crippen LogP contribution in [0.25, 0.3) is 0 Å². The van der Waals surface area contributed by atoms with Crippen molar-refractivity contribution in [2.75, 3.05) is 33.2 Å². The van der Waals surface area contributed by atoms with Gasteiger partial charge in [-0.25, -0.2) is 0 Å². The Bertz CT molecular complexity index is 141. The standard InChI is InChI=1S/C11H25N3/c1-10(9-12)3-6-13-11-4-7-14(2)8-5-11/h10-11,13H,3-9,12H2,1-2H3. The van der Waals surface area contributed by atoms with Gasteiger partial charge in [-0.05, 0) is 58.4 Å². The molecule has 1 fully saturated rings. The van der Waals surface area contributed by atoms with Crippen LogP contribution in [-0.2, 0) is 0 Å². The van der Waals surface area contributed by atoms with E-state index in [1.165, 1.54) is 32.4 Å². The molecule has 1 unspecified atom stereocenters.